The Morgan fingerprint density at radius 3 is 2.83 bits per heavy atom. The largest absolute Gasteiger partial charge is 0.376 e. The van der Waals surface area contributed by atoms with Crippen LogP contribution in [0.3, 0.4) is 0 Å². The number of halogens is 1. The van der Waals surface area contributed by atoms with Crippen LogP contribution in [-0.4, -0.2) is 33.9 Å². The van der Waals surface area contributed by atoms with Crippen LogP contribution in [0.1, 0.15) is 12.8 Å². The minimum absolute atomic E-state index is 0.00744. The fourth-order valence-corrected chi connectivity index (χ4v) is 4.28. The summed E-state index contributed by atoms with van der Waals surface area (Å²) in [7, 11) is 0. The molecular formula is C21H20ClN3O3S. The van der Waals surface area contributed by atoms with Crippen molar-refractivity contribution in [2.24, 2.45) is 0 Å². The van der Waals surface area contributed by atoms with Crippen LogP contribution < -0.4 is 10.9 Å². The van der Waals surface area contributed by atoms with E-state index in [-0.39, 0.29) is 23.3 Å². The van der Waals surface area contributed by atoms with Gasteiger partial charge in [-0.2, -0.15) is 0 Å². The number of nitrogens with zero attached hydrogens (tertiary/aromatic N) is 2. The van der Waals surface area contributed by atoms with Crippen molar-refractivity contribution >= 4 is 45.9 Å². The van der Waals surface area contributed by atoms with Crippen LogP contribution in [-0.2, 0) is 16.1 Å². The topological polar surface area (TPSA) is 73.2 Å². The molecule has 1 atom stereocenters. The van der Waals surface area contributed by atoms with Gasteiger partial charge in [-0.25, -0.2) is 4.98 Å². The number of para-hydroxylation sites is 2. The second kappa shape index (κ2) is 8.98. The molecule has 1 saturated heterocycles. The number of carbonyl (C=O) groups excluding carboxylic acids is 1. The monoisotopic (exact) mass is 429 g/mol. The second-order valence-electron chi connectivity index (χ2n) is 6.78. The van der Waals surface area contributed by atoms with Gasteiger partial charge in [-0.1, -0.05) is 47.6 Å². The maximum atomic E-state index is 13.1. The predicted molar refractivity (Wildman–Crippen MR) is 116 cm³/mol. The first-order valence-electron chi connectivity index (χ1n) is 9.40. The predicted octanol–water partition coefficient (Wildman–Crippen LogP) is 3.96. The van der Waals surface area contributed by atoms with Gasteiger partial charge in [0.2, 0.25) is 5.91 Å². The molecule has 1 aromatic heterocycles. The van der Waals surface area contributed by atoms with Gasteiger partial charge in [0.25, 0.3) is 5.56 Å². The molecule has 6 nitrogen and oxygen atoms in total. The van der Waals surface area contributed by atoms with Crippen LogP contribution in [0.5, 0.6) is 0 Å². The molecule has 1 aliphatic rings. The molecule has 0 radical (unpaired) electrons. The van der Waals surface area contributed by atoms with Crippen molar-refractivity contribution in [1.82, 2.24) is 9.55 Å². The van der Waals surface area contributed by atoms with E-state index in [2.05, 4.69) is 10.3 Å². The van der Waals surface area contributed by atoms with Crippen molar-refractivity contribution in [3.05, 3.63) is 63.9 Å². The molecule has 0 saturated carbocycles. The minimum Gasteiger partial charge on any atom is -0.376 e. The summed E-state index contributed by atoms with van der Waals surface area (Å²) in [5, 5.41) is 4.35. The summed E-state index contributed by atoms with van der Waals surface area (Å²) < 4.78 is 7.34. The SMILES string of the molecule is O=C(CSc1nc2ccccc2c(=O)n1C[C@@H]1CCCO1)Nc1ccccc1Cl. The first-order valence-corrected chi connectivity index (χ1v) is 10.8. The third kappa shape index (κ3) is 4.63. The van der Waals surface area contributed by atoms with E-state index in [1.165, 1.54) is 11.8 Å². The average Bonchev–Trinajstić information content (AvgIpc) is 3.24. The molecule has 0 spiro atoms. The van der Waals surface area contributed by atoms with Gasteiger partial charge in [-0.05, 0) is 37.1 Å². The van der Waals surface area contributed by atoms with Gasteiger partial charge in [0, 0.05) is 6.61 Å². The summed E-state index contributed by atoms with van der Waals surface area (Å²) in [6.45, 7) is 1.15. The molecule has 2 aromatic carbocycles. The number of nitrogens with one attached hydrogen (secondary N) is 1. The summed E-state index contributed by atoms with van der Waals surface area (Å²) in [5.41, 5.74) is 1.07. The molecule has 1 fully saturated rings. The van der Waals surface area contributed by atoms with Gasteiger partial charge >= 0.3 is 0 Å². The normalized spacial score (nSPS) is 16.2. The fourth-order valence-electron chi connectivity index (χ4n) is 3.29. The van der Waals surface area contributed by atoms with Crippen molar-refractivity contribution in [2.75, 3.05) is 17.7 Å². The number of benzene rings is 2. The Bertz CT molecular complexity index is 1100. The lowest BCUT2D eigenvalue weighted by atomic mass is 10.2. The smallest absolute Gasteiger partial charge is 0.262 e. The Kier molecular flexibility index (Phi) is 6.18. The zero-order valence-corrected chi connectivity index (χ0v) is 17.2. The third-order valence-corrected chi connectivity index (χ3v) is 6.02. The highest BCUT2D eigenvalue weighted by molar-refractivity contribution is 7.99. The van der Waals surface area contributed by atoms with Gasteiger partial charge in [0.05, 0.1) is 40.0 Å². The number of aromatic nitrogens is 2. The highest BCUT2D eigenvalue weighted by Gasteiger charge is 2.20. The first kappa shape index (κ1) is 19.9. The lowest BCUT2D eigenvalue weighted by Crippen LogP contribution is -2.29. The van der Waals surface area contributed by atoms with E-state index >= 15 is 0 Å². The van der Waals surface area contributed by atoms with E-state index in [1.54, 1.807) is 41.0 Å². The van der Waals surface area contributed by atoms with E-state index in [9.17, 15) is 9.59 Å². The third-order valence-electron chi connectivity index (χ3n) is 4.72. The molecule has 2 heterocycles. The van der Waals surface area contributed by atoms with Crippen molar-refractivity contribution in [3.63, 3.8) is 0 Å². The van der Waals surface area contributed by atoms with Gasteiger partial charge in [0.15, 0.2) is 5.16 Å². The Morgan fingerprint density at radius 1 is 1.24 bits per heavy atom. The molecular weight excluding hydrogens is 410 g/mol. The van der Waals surface area contributed by atoms with E-state index in [4.69, 9.17) is 16.3 Å². The zero-order valence-electron chi connectivity index (χ0n) is 15.6. The maximum absolute atomic E-state index is 13.1. The lowest BCUT2D eigenvalue weighted by molar-refractivity contribution is -0.113. The molecule has 0 aliphatic carbocycles. The molecule has 4 rings (SSSR count). The molecule has 29 heavy (non-hydrogen) atoms. The van der Waals surface area contributed by atoms with Gasteiger partial charge in [0.1, 0.15) is 0 Å². The molecule has 1 N–H and O–H groups in total. The van der Waals surface area contributed by atoms with E-state index in [0.717, 1.165) is 12.8 Å². The van der Waals surface area contributed by atoms with Gasteiger partial charge < -0.3 is 10.1 Å². The Labute approximate surface area is 177 Å². The van der Waals surface area contributed by atoms with Crippen LogP contribution in [0.2, 0.25) is 5.02 Å². The van der Waals surface area contributed by atoms with Crippen molar-refractivity contribution in [3.8, 4) is 0 Å². The number of fused-ring (bicyclic) bond motifs is 1. The van der Waals surface area contributed by atoms with E-state index in [1.807, 2.05) is 12.1 Å². The molecule has 0 bridgehead atoms. The van der Waals surface area contributed by atoms with Crippen LogP contribution in [0.25, 0.3) is 10.9 Å². The maximum Gasteiger partial charge on any atom is 0.262 e. The lowest BCUT2D eigenvalue weighted by Gasteiger charge is -2.16. The summed E-state index contributed by atoms with van der Waals surface area (Å²) in [6, 6.07) is 14.3. The van der Waals surface area contributed by atoms with E-state index < -0.39 is 0 Å². The quantitative estimate of drug-likeness (QED) is 0.474. The van der Waals surface area contributed by atoms with Crippen molar-refractivity contribution in [2.45, 2.75) is 30.6 Å². The highest BCUT2D eigenvalue weighted by Crippen LogP contribution is 2.23. The number of ether oxygens (including phenoxy) is 1. The number of hydrogen-bond acceptors (Lipinski definition) is 5. The van der Waals surface area contributed by atoms with Crippen LogP contribution >= 0.6 is 23.4 Å². The van der Waals surface area contributed by atoms with Gasteiger partial charge in [-0.3, -0.25) is 14.2 Å². The molecule has 3 aromatic rings. The fraction of sp³-hybridized carbons (Fsp3) is 0.286. The number of anilines is 1. The standard InChI is InChI=1S/C21H20ClN3O3S/c22-16-8-2-4-10-18(16)23-19(26)13-29-21-24-17-9-3-1-7-15(17)20(27)25(21)12-14-6-5-11-28-14/h1-4,7-10,14H,5-6,11-13H2,(H,23,26)/t14-/m0/s1. The minimum atomic E-state index is -0.214. The van der Waals surface area contributed by atoms with E-state index in [0.29, 0.717) is 39.9 Å². The Balaban J connectivity index is 1.57. The van der Waals surface area contributed by atoms with Crippen molar-refractivity contribution in [1.29, 1.82) is 0 Å². The summed E-state index contributed by atoms with van der Waals surface area (Å²) in [4.78, 5) is 30.1. The zero-order chi connectivity index (χ0) is 20.2. The molecule has 150 valence electrons. The number of amides is 1. The van der Waals surface area contributed by atoms with Crippen LogP contribution in [0.15, 0.2) is 58.5 Å². The first-order chi connectivity index (χ1) is 14.1. The number of hydrogen-bond donors (Lipinski definition) is 1. The van der Waals surface area contributed by atoms with Crippen LogP contribution in [0, 0.1) is 0 Å². The van der Waals surface area contributed by atoms with Crippen molar-refractivity contribution < 1.29 is 9.53 Å². The molecule has 1 amide bonds. The Morgan fingerprint density at radius 2 is 2.03 bits per heavy atom. The number of carbonyl (C=O) groups is 1. The summed E-state index contributed by atoms with van der Waals surface area (Å²) >= 11 is 7.33. The molecule has 8 heteroatoms. The molecule has 0 unspecified atom stereocenters. The summed E-state index contributed by atoms with van der Waals surface area (Å²) in [5.74, 6) is -0.101. The number of thioether (sulfide) groups is 1. The summed E-state index contributed by atoms with van der Waals surface area (Å²) in [6.07, 6.45) is 1.89. The highest BCUT2D eigenvalue weighted by atomic mass is 35.5. The van der Waals surface area contributed by atoms with Gasteiger partial charge in [-0.15, -0.1) is 0 Å². The Hall–Kier alpha value is -2.35. The second-order valence-corrected chi connectivity index (χ2v) is 8.13. The molecule has 1 aliphatic heterocycles. The van der Waals surface area contributed by atoms with Crippen LogP contribution in [0.4, 0.5) is 5.69 Å². The number of rotatable bonds is 6. The average molecular weight is 430 g/mol.